The number of fused-ring (bicyclic) bond motifs is 1. The molecule has 0 spiro atoms. The Morgan fingerprint density at radius 3 is 3.00 bits per heavy atom. The minimum absolute atomic E-state index is 0.0659. The Morgan fingerprint density at radius 1 is 1.62 bits per heavy atom. The Hall–Kier alpha value is -1.43. The first kappa shape index (κ1) is 11.1. The molecule has 6 heteroatoms. The number of carbonyl (C=O) groups is 1. The van der Waals surface area contributed by atoms with Crippen LogP contribution in [-0.2, 0) is 4.79 Å². The lowest BCUT2D eigenvalue weighted by atomic mass is 10.0. The quantitative estimate of drug-likeness (QED) is 0.448. The van der Waals surface area contributed by atoms with Crippen LogP contribution in [0, 0.1) is 0 Å². The molecule has 84 valence electrons. The van der Waals surface area contributed by atoms with Crippen molar-refractivity contribution in [3.63, 3.8) is 0 Å². The van der Waals surface area contributed by atoms with E-state index in [0.29, 0.717) is 34.7 Å². The number of pyridine rings is 1. The highest BCUT2D eigenvalue weighted by Crippen LogP contribution is 2.27. The molecule has 0 radical (unpaired) electrons. The molecule has 1 aliphatic heterocycles. The van der Waals surface area contributed by atoms with Gasteiger partial charge in [-0.25, -0.2) is 4.98 Å². The number of carbonyl (C=O) groups excluding carboxylic acids is 1. The van der Waals surface area contributed by atoms with Gasteiger partial charge in [0.2, 0.25) is 5.91 Å². The standard InChI is InChI=1S/C10H10BrN3O2/c1-6(15)14-5-4-8(13-16)7-2-3-9(11)12-10(7)14/h2-3,16H,4-5H2,1H3/b13-8+. The molecule has 16 heavy (non-hydrogen) atoms. The summed E-state index contributed by atoms with van der Waals surface area (Å²) in [6.45, 7) is 1.98. The molecular formula is C10H10BrN3O2. The third-order valence-electron chi connectivity index (χ3n) is 2.48. The van der Waals surface area contributed by atoms with Gasteiger partial charge in [-0.3, -0.25) is 9.69 Å². The topological polar surface area (TPSA) is 65.8 Å². The Morgan fingerprint density at radius 2 is 2.38 bits per heavy atom. The number of nitrogens with zero attached hydrogens (tertiary/aromatic N) is 3. The molecule has 1 aromatic heterocycles. The van der Waals surface area contributed by atoms with Crippen LogP contribution in [0.5, 0.6) is 0 Å². The van der Waals surface area contributed by atoms with Crippen molar-refractivity contribution < 1.29 is 10.0 Å². The first-order chi connectivity index (χ1) is 7.63. The smallest absolute Gasteiger partial charge is 0.225 e. The second-order valence-corrected chi connectivity index (χ2v) is 4.28. The van der Waals surface area contributed by atoms with Gasteiger partial charge in [-0.15, -0.1) is 0 Å². The molecule has 0 fully saturated rings. The number of rotatable bonds is 0. The molecule has 1 amide bonds. The monoisotopic (exact) mass is 283 g/mol. The zero-order valence-corrected chi connectivity index (χ0v) is 10.2. The Labute approximate surface area is 101 Å². The van der Waals surface area contributed by atoms with Crippen LogP contribution < -0.4 is 4.90 Å². The van der Waals surface area contributed by atoms with E-state index >= 15 is 0 Å². The molecule has 0 saturated heterocycles. The number of halogens is 1. The number of amides is 1. The fourth-order valence-corrected chi connectivity index (χ4v) is 2.03. The molecule has 0 aliphatic carbocycles. The summed E-state index contributed by atoms with van der Waals surface area (Å²) in [5.74, 6) is 0.477. The largest absolute Gasteiger partial charge is 0.411 e. The van der Waals surface area contributed by atoms with Crippen molar-refractivity contribution in [1.29, 1.82) is 0 Å². The van der Waals surface area contributed by atoms with E-state index in [-0.39, 0.29) is 5.91 Å². The van der Waals surface area contributed by atoms with E-state index < -0.39 is 0 Å². The van der Waals surface area contributed by atoms with E-state index in [1.807, 2.05) is 0 Å². The van der Waals surface area contributed by atoms with Gasteiger partial charge in [-0.2, -0.15) is 0 Å². The summed E-state index contributed by atoms with van der Waals surface area (Å²) in [6, 6.07) is 3.55. The van der Waals surface area contributed by atoms with E-state index in [4.69, 9.17) is 5.21 Å². The van der Waals surface area contributed by atoms with Gasteiger partial charge in [0.05, 0.1) is 5.71 Å². The van der Waals surface area contributed by atoms with Crippen molar-refractivity contribution in [2.45, 2.75) is 13.3 Å². The molecule has 1 aliphatic rings. The van der Waals surface area contributed by atoms with Crippen LogP contribution in [-0.4, -0.2) is 28.4 Å². The Kier molecular flexibility index (Phi) is 2.91. The number of anilines is 1. The van der Waals surface area contributed by atoms with Crippen LogP contribution in [0.2, 0.25) is 0 Å². The minimum atomic E-state index is -0.0659. The number of aromatic nitrogens is 1. The van der Waals surface area contributed by atoms with Gasteiger partial charge in [-0.1, -0.05) is 5.16 Å². The average molecular weight is 284 g/mol. The molecule has 2 rings (SSSR count). The van der Waals surface area contributed by atoms with Crippen molar-refractivity contribution in [3.05, 3.63) is 22.3 Å². The summed E-state index contributed by atoms with van der Waals surface area (Å²) in [5, 5.41) is 12.1. The van der Waals surface area contributed by atoms with Crippen LogP contribution in [0.4, 0.5) is 5.82 Å². The highest BCUT2D eigenvalue weighted by atomic mass is 79.9. The summed E-state index contributed by atoms with van der Waals surface area (Å²) in [7, 11) is 0. The molecule has 0 bridgehead atoms. The predicted octanol–water partition coefficient (Wildman–Crippen LogP) is 1.78. The van der Waals surface area contributed by atoms with Crippen LogP contribution >= 0.6 is 15.9 Å². The maximum absolute atomic E-state index is 11.4. The van der Waals surface area contributed by atoms with Crippen LogP contribution in [0.25, 0.3) is 0 Å². The van der Waals surface area contributed by atoms with Gasteiger partial charge in [0, 0.05) is 25.5 Å². The zero-order chi connectivity index (χ0) is 11.7. The molecular weight excluding hydrogens is 274 g/mol. The molecule has 0 aromatic carbocycles. The maximum atomic E-state index is 11.4. The number of oxime groups is 1. The highest BCUT2D eigenvalue weighted by molar-refractivity contribution is 9.10. The van der Waals surface area contributed by atoms with Crippen molar-refractivity contribution in [2.24, 2.45) is 5.16 Å². The zero-order valence-electron chi connectivity index (χ0n) is 8.64. The highest BCUT2D eigenvalue weighted by Gasteiger charge is 2.26. The second kappa shape index (κ2) is 4.21. The van der Waals surface area contributed by atoms with Crippen molar-refractivity contribution in [2.75, 3.05) is 11.4 Å². The van der Waals surface area contributed by atoms with Crippen LogP contribution in [0.1, 0.15) is 18.9 Å². The fourth-order valence-electron chi connectivity index (χ4n) is 1.73. The predicted molar refractivity (Wildman–Crippen MR) is 62.9 cm³/mol. The lowest BCUT2D eigenvalue weighted by molar-refractivity contribution is -0.116. The Bertz CT molecular complexity index is 473. The Balaban J connectivity index is 2.57. The van der Waals surface area contributed by atoms with E-state index in [2.05, 4.69) is 26.1 Å². The summed E-state index contributed by atoms with van der Waals surface area (Å²) < 4.78 is 0.650. The van der Waals surface area contributed by atoms with E-state index in [0.717, 1.165) is 0 Å². The molecule has 1 aromatic rings. The van der Waals surface area contributed by atoms with Crippen LogP contribution in [0.15, 0.2) is 21.9 Å². The van der Waals surface area contributed by atoms with Gasteiger partial charge in [-0.05, 0) is 28.1 Å². The van der Waals surface area contributed by atoms with Crippen LogP contribution in [0.3, 0.4) is 0 Å². The molecule has 2 heterocycles. The van der Waals surface area contributed by atoms with E-state index in [1.165, 1.54) is 6.92 Å². The summed E-state index contributed by atoms with van der Waals surface area (Å²) in [6.07, 6.45) is 0.534. The molecule has 1 N–H and O–H groups in total. The lowest BCUT2D eigenvalue weighted by Gasteiger charge is -2.27. The average Bonchev–Trinajstić information content (AvgIpc) is 2.26. The molecule has 5 nitrogen and oxygen atoms in total. The van der Waals surface area contributed by atoms with Crippen molar-refractivity contribution >= 4 is 33.4 Å². The third kappa shape index (κ3) is 1.80. The first-order valence-corrected chi connectivity index (χ1v) is 5.58. The second-order valence-electron chi connectivity index (χ2n) is 3.47. The van der Waals surface area contributed by atoms with Gasteiger partial charge >= 0.3 is 0 Å². The lowest BCUT2D eigenvalue weighted by Crippen LogP contribution is -2.36. The van der Waals surface area contributed by atoms with E-state index in [1.54, 1.807) is 17.0 Å². The minimum Gasteiger partial charge on any atom is -0.411 e. The third-order valence-corrected chi connectivity index (χ3v) is 2.92. The first-order valence-electron chi connectivity index (χ1n) is 4.79. The number of hydrogen-bond acceptors (Lipinski definition) is 4. The normalized spacial score (nSPS) is 17.4. The molecule has 0 atom stereocenters. The summed E-state index contributed by atoms with van der Waals surface area (Å²) >= 11 is 3.26. The summed E-state index contributed by atoms with van der Waals surface area (Å²) in [5.41, 5.74) is 1.26. The van der Waals surface area contributed by atoms with Gasteiger partial charge < -0.3 is 5.21 Å². The number of hydrogen-bond donors (Lipinski definition) is 1. The van der Waals surface area contributed by atoms with E-state index in [9.17, 15) is 4.79 Å². The molecule has 0 saturated carbocycles. The van der Waals surface area contributed by atoms with Gasteiger partial charge in [0.15, 0.2) is 0 Å². The van der Waals surface area contributed by atoms with Crippen molar-refractivity contribution in [3.8, 4) is 0 Å². The molecule has 0 unspecified atom stereocenters. The van der Waals surface area contributed by atoms with Gasteiger partial charge in [0.1, 0.15) is 10.4 Å². The fraction of sp³-hybridized carbons (Fsp3) is 0.300. The maximum Gasteiger partial charge on any atom is 0.225 e. The van der Waals surface area contributed by atoms with Gasteiger partial charge in [0.25, 0.3) is 0 Å². The SMILES string of the molecule is CC(=O)N1CC/C(=N\O)c2ccc(Br)nc21. The van der Waals surface area contributed by atoms with Crippen molar-refractivity contribution in [1.82, 2.24) is 4.98 Å². The summed E-state index contributed by atoms with van der Waals surface area (Å²) in [4.78, 5) is 17.3.